The van der Waals surface area contributed by atoms with E-state index in [0.717, 1.165) is 6.08 Å². The van der Waals surface area contributed by atoms with Crippen LogP contribution in [0.2, 0.25) is 0 Å². The Morgan fingerprint density at radius 1 is 1.12 bits per heavy atom. The molecule has 0 spiro atoms. The third-order valence-corrected chi connectivity index (χ3v) is 3.36. The molecule has 0 heterocycles. The smallest absolute Gasteiger partial charge is 0.282 e. The van der Waals surface area contributed by atoms with E-state index in [9.17, 15) is 17.2 Å². The van der Waals surface area contributed by atoms with Crippen LogP contribution in [0.5, 0.6) is 0 Å². The molecule has 2 unspecified atom stereocenters. The average molecular weight is 246 g/mol. The standard InChI is InChI=1S/C10H8F2O3S/c11-9-7-4-2-1-3-6(7)5-8(10(9)12)16(13,14)15/h1-5,9-10H,(H,13,14,15). The maximum atomic E-state index is 13.6. The minimum atomic E-state index is -4.70. The number of allylic oxidation sites excluding steroid dienone is 1. The Labute approximate surface area is 91.2 Å². The van der Waals surface area contributed by atoms with Gasteiger partial charge in [0.1, 0.15) is 4.91 Å². The van der Waals surface area contributed by atoms with E-state index in [4.69, 9.17) is 4.55 Å². The molecule has 1 N–H and O–H groups in total. The molecule has 1 aliphatic rings. The summed E-state index contributed by atoms with van der Waals surface area (Å²) in [4.78, 5) is -0.932. The zero-order valence-electron chi connectivity index (χ0n) is 7.97. The largest absolute Gasteiger partial charge is 0.293 e. The van der Waals surface area contributed by atoms with Crippen molar-refractivity contribution < 1.29 is 21.8 Å². The lowest BCUT2D eigenvalue weighted by atomic mass is 9.95. The van der Waals surface area contributed by atoms with Gasteiger partial charge in [-0.1, -0.05) is 24.3 Å². The highest BCUT2D eigenvalue weighted by atomic mass is 32.2. The highest BCUT2D eigenvalue weighted by Crippen LogP contribution is 2.38. The summed E-state index contributed by atoms with van der Waals surface area (Å²) in [7, 11) is -4.70. The average Bonchev–Trinajstić information content (AvgIpc) is 2.22. The van der Waals surface area contributed by atoms with Crippen LogP contribution in [-0.2, 0) is 10.1 Å². The van der Waals surface area contributed by atoms with E-state index in [0.29, 0.717) is 0 Å². The molecule has 1 aliphatic carbocycles. The van der Waals surface area contributed by atoms with Crippen molar-refractivity contribution >= 4 is 16.2 Å². The number of hydrogen-bond donors (Lipinski definition) is 1. The van der Waals surface area contributed by atoms with Gasteiger partial charge < -0.3 is 0 Å². The Morgan fingerprint density at radius 2 is 1.75 bits per heavy atom. The van der Waals surface area contributed by atoms with Crippen molar-refractivity contribution in [3.05, 3.63) is 40.3 Å². The summed E-state index contributed by atoms with van der Waals surface area (Å²) < 4.78 is 57.4. The first-order chi connectivity index (χ1) is 7.41. The molecule has 6 heteroatoms. The Kier molecular flexibility index (Phi) is 2.55. The number of halogens is 2. The molecule has 16 heavy (non-hydrogen) atoms. The minimum absolute atomic E-state index is 0.0856. The van der Waals surface area contributed by atoms with E-state index in [1.54, 1.807) is 6.07 Å². The zero-order chi connectivity index (χ0) is 11.9. The van der Waals surface area contributed by atoms with Gasteiger partial charge in [-0.15, -0.1) is 0 Å². The second-order valence-corrected chi connectivity index (χ2v) is 4.88. The van der Waals surface area contributed by atoms with Gasteiger partial charge in [-0.25, -0.2) is 8.78 Å². The molecule has 0 fully saturated rings. The first kappa shape index (κ1) is 11.2. The van der Waals surface area contributed by atoms with Crippen LogP contribution in [0.3, 0.4) is 0 Å². The Bertz CT molecular complexity index is 551. The summed E-state index contributed by atoms with van der Waals surface area (Å²) in [5, 5.41) is 0. The van der Waals surface area contributed by atoms with Crippen molar-refractivity contribution in [2.75, 3.05) is 0 Å². The summed E-state index contributed by atoms with van der Waals surface area (Å²) >= 11 is 0. The molecule has 2 atom stereocenters. The van der Waals surface area contributed by atoms with Crippen LogP contribution in [-0.4, -0.2) is 19.1 Å². The van der Waals surface area contributed by atoms with E-state index < -0.39 is 27.4 Å². The summed E-state index contributed by atoms with van der Waals surface area (Å²) in [6.07, 6.45) is -3.48. The predicted octanol–water partition coefficient (Wildman–Crippen LogP) is 2.28. The monoisotopic (exact) mass is 246 g/mol. The Balaban J connectivity index is 2.65. The molecule has 3 nitrogen and oxygen atoms in total. The van der Waals surface area contributed by atoms with Crippen molar-refractivity contribution in [3.8, 4) is 0 Å². The topological polar surface area (TPSA) is 54.4 Å². The molecule has 0 radical (unpaired) electrons. The minimum Gasteiger partial charge on any atom is -0.282 e. The summed E-state index contributed by atoms with van der Waals surface area (Å²) in [6, 6.07) is 5.94. The second kappa shape index (κ2) is 3.64. The highest BCUT2D eigenvalue weighted by molar-refractivity contribution is 7.90. The van der Waals surface area contributed by atoms with Gasteiger partial charge in [-0.3, -0.25) is 4.55 Å². The van der Waals surface area contributed by atoms with Crippen LogP contribution in [0.15, 0.2) is 29.2 Å². The van der Waals surface area contributed by atoms with Gasteiger partial charge in [-0.05, 0) is 17.2 Å². The van der Waals surface area contributed by atoms with Crippen molar-refractivity contribution in [2.24, 2.45) is 0 Å². The first-order valence-corrected chi connectivity index (χ1v) is 5.91. The van der Waals surface area contributed by atoms with E-state index >= 15 is 0 Å². The summed E-state index contributed by atoms with van der Waals surface area (Å²) in [5.41, 5.74) is 0.346. The van der Waals surface area contributed by atoms with E-state index in [1.165, 1.54) is 18.2 Å². The SMILES string of the molecule is O=S(=O)(O)C1=Cc2ccccc2C(F)C1F. The summed E-state index contributed by atoms with van der Waals surface area (Å²) in [5.74, 6) is 0. The normalized spacial score (nSPS) is 24.8. The first-order valence-electron chi connectivity index (χ1n) is 4.47. The lowest BCUT2D eigenvalue weighted by Gasteiger charge is -2.22. The number of rotatable bonds is 1. The molecule has 2 rings (SSSR count). The summed E-state index contributed by atoms with van der Waals surface area (Å²) in [6.45, 7) is 0. The third-order valence-electron chi connectivity index (χ3n) is 2.42. The van der Waals surface area contributed by atoms with Gasteiger partial charge in [-0.2, -0.15) is 8.42 Å². The molecule has 0 aromatic heterocycles. The van der Waals surface area contributed by atoms with Gasteiger partial charge in [0, 0.05) is 0 Å². The van der Waals surface area contributed by atoms with Crippen LogP contribution >= 0.6 is 0 Å². The van der Waals surface area contributed by atoms with Crippen molar-refractivity contribution in [1.82, 2.24) is 0 Å². The third kappa shape index (κ3) is 1.74. The lowest BCUT2D eigenvalue weighted by Crippen LogP contribution is -2.22. The molecule has 86 valence electrons. The van der Waals surface area contributed by atoms with Crippen molar-refractivity contribution in [1.29, 1.82) is 0 Å². The van der Waals surface area contributed by atoms with Gasteiger partial charge in [0.2, 0.25) is 0 Å². The van der Waals surface area contributed by atoms with E-state index in [2.05, 4.69) is 0 Å². The fourth-order valence-corrected chi connectivity index (χ4v) is 2.32. The second-order valence-electron chi connectivity index (χ2n) is 3.45. The molecular formula is C10H8F2O3S. The molecule has 0 amide bonds. The van der Waals surface area contributed by atoms with Gasteiger partial charge in [0.05, 0.1) is 0 Å². The number of hydrogen-bond acceptors (Lipinski definition) is 2. The quantitative estimate of drug-likeness (QED) is 0.773. The van der Waals surface area contributed by atoms with Crippen molar-refractivity contribution in [3.63, 3.8) is 0 Å². The molecule has 1 aromatic carbocycles. The van der Waals surface area contributed by atoms with Crippen LogP contribution in [0, 0.1) is 0 Å². The van der Waals surface area contributed by atoms with Gasteiger partial charge in [0.25, 0.3) is 10.1 Å². The van der Waals surface area contributed by atoms with Crippen LogP contribution in [0.25, 0.3) is 6.08 Å². The maximum Gasteiger partial charge on any atom is 0.293 e. The zero-order valence-corrected chi connectivity index (χ0v) is 8.79. The van der Waals surface area contributed by atoms with Crippen LogP contribution in [0.4, 0.5) is 8.78 Å². The number of benzene rings is 1. The van der Waals surface area contributed by atoms with E-state index in [-0.39, 0.29) is 11.1 Å². The fourth-order valence-electron chi connectivity index (χ4n) is 1.64. The maximum absolute atomic E-state index is 13.6. The fraction of sp³-hybridized carbons (Fsp3) is 0.200. The molecular weight excluding hydrogens is 238 g/mol. The number of alkyl halides is 2. The molecule has 0 aliphatic heterocycles. The van der Waals surface area contributed by atoms with Crippen molar-refractivity contribution in [2.45, 2.75) is 12.3 Å². The van der Waals surface area contributed by atoms with E-state index in [1.807, 2.05) is 0 Å². The molecule has 0 bridgehead atoms. The molecule has 0 saturated carbocycles. The van der Waals surface area contributed by atoms with Crippen LogP contribution < -0.4 is 0 Å². The van der Waals surface area contributed by atoms with Crippen LogP contribution in [0.1, 0.15) is 17.3 Å². The molecule has 0 saturated heterocycles. The number of fused-ring (bicyclic) bond motifs is 1. The lowest BCUT2D eigenvalue weighted by molar-refractivity contribution is 0.200. The highest BCUT2D eigenvalue weighted by Gasteiger charge is 2.37. The van der Waals surface area contributed by atoms with Gasteiger partial charge >= 0.3 is 0 Å². The predicted molar refractivity (Wildman–Crippen MR) is 54.7 cm³/mol. The van der Waals surface area contributed by atoms with Gasteiger partial charge in [0.15, 0.2) is 12.3 Å². The Morgan fingerprint density at radius 3 is 2.38 bits per heavy atom. The molecule has 1 aromatic rings. The Hall–Kier alpha value is -1.27.